The molecule has 252 valence electrons. The number of nitrogens with zero attached hydrogens (tertiary/aromatic N) is 2. The summed E-state index contributed by atoms with van der Waals surface area (Å²) in [5, 5.41) is 0.864. The number of pyridine rings is 1. The second kappa shape index (κ2) is 13.5. The van der Waals surface area contributed by atoms with Crippen LogP contribution in [-0.2, 0) is 14.3 Å². The van der Waals surface area contributed by atoms with Gasteiger partial charge >= 0.3 is 5.97 Å². The summed E-state index contributed by atoms with van der Waals surface area (Å²) in [4.78, 5) is 60.8. The smallest absolute Gasteiger partial charge is 0.339 e. The van der Waals surface area contributed by atoms with E-state index in [0.717, 1.165) is 18.6 Å². The molecule has 7 unspecified atom stereocenters. The Bertz CT molecular complexity index is 2020. The summed E-state index contributed by atoms with van der Waals surface area (Å²) in [6, 6.07) is 15.1. The summed E-state index contributed by atoms with van der Waals surface area (Å²) >= 11 is 23.5. The number of carbonyl (C=O) groups excluding carboxylic acids is 4. The molecule has 1 aromatic heterocycles. The van der Waals surface area contributed by atoms with Gasteiger partial charge in [-0.25, -0.2) is 14.2 Å². The van der Waals surface area contributed by atoms with E-state index in [1.165, 1.54) is 17.0 Å². The Labute approximate surface area is 316 Å². The molecule has 2 saturated carbocycles. The standard InChI is InChI=1S/C36H26Br3Cl2FN2O5/c1-15-31(41)24(37)13-20-21(36(48)49-26(10-11-40)33(45)17-2-6-18(42)7-3-17)14-25(43-32(15)20)16-4-8-19(9-5-16)44-34(46)27-22-12-23(28(27)35(44)47)30(39)29(22)38/h2-9,13-14,22-23,26-30H,10-12H2,1H3. The molecule has 0 spiro atoms. The average Bonchev–Trinajstić information content (AvgIpc) is 3.71. The molecule has 3 aliphatic rings. The molecule has 2 bridgehead atoms. The first kappa shape index (κ1) is 34.7. The number of imide groups is 1. The summed E-state index contributed by atoms with van der Waals surface area (Å²) in [6.07, 6.45) is -0.334. The molecule has 0 N–H and O–H groups in total. The number of hydrogen-bond donors (Lipinski definition) is 0. The van der Waals surface area contributed by atoms with Gasteiger partial charge in [-0.2, -0.15) is 0 Å². The maximum absolute atomic E-state index is 13.9. The molecule has 13 heteroatoms. The molecule has 49 heavy (non-hydrogen) atoms. The first-order valence-electron chi connectivity index (χ1n) is 15.5. The molecular weight excluding hydrogens is 870 g/mol. The summed E-state index contributed by atoms with van der Waals surface area (Å²) < 4.78 is 19.8. The number of benzene rings is 3. The monoisotopic (exact) mass is 892 g/mol. The summed E-state index contributed by atoms with van der Waals surface area (Å²) in [6.45, 7) is 1.78. The van der Waals surface area contributed by atoms with Gasteiger partial charge in [0.25, 0.3) is 0 Å². The lowest BCUT2D eigenvalue weighted by Crippen LogP contribution is -2.37. The molecule has 2 amide bonds. The van der Waals surface area contributed by atoms with Crippen molar-refractivity contribution in [2.45, 2.75) is 35.5 Å². The maximum atomic E-state index is 13.9. The normalized spacial score (nSPS) is 24.8. The largest absolute Gasteiger partial charge is 0.450 e. The predicted molar refractivity (Wildman–Crippen MR) is 196 cm³/mol. The lowest BCUT2D eigenvalue weighted by molar-refractivity contribution is -0.123. The third-order valence-electron chi connectivity index (χ3n) is 9.89. The highest BCUT2D eigenvalue weighted by Gasteiger charge is 2.66. The minimum absolute atomic E-state index is 0.0397. The van der Waals surface area contributed by atoms with Crippen molar-refractivity contribution in [3.8, 4) is 11.3 Å². The lowest BCUT2D eigenvalue weighted by atomic mass is 9.81. The van der Waals surface area contributed by atoms with Gasteiger partial charge in [0.2, 0.25) is 17.6 Å². The number of halogens is 6. The number of fused-ring (bicyclic) bond motifs is 6. The number of amides is 2. The van der Waals surface area contributed by atoms with Crippen LogP contribution in [0.15, 0.2) is 65.1 Å². The number of carbonyl (C=O) groups is 4. The second-order valence-electron chi connectivity index (χ2n) is 12.6. The van der Waals surface area contributed by atoms with E-state index in [2.05, 4.69) is 47.8 Å². The van der Waals surface area contributed by atoms with Gasteiger partial charge in [0.15, 0.2) is 6.10 Å². The topological polar surface area (TPSA) is 93.6 Å². The fourth-order valence-corrected chi connectivity index (χ4v) is 10.2. The number of alkyl halides is 3. The van der Waals surface area contributed by atoms with Gasteiger partial charge in [-0.1, -0.05) is 55.6 Å². The van der Waals surface area contributed by atoms with E-state index in [1.807, 2.05) is 0 Å². The van der Waals surface area contributed by atoms with E-state index in [4.69, 9.17) is 32.9 Å². The number of ketones is 1. The Balaban J connectivity index is 1.23. The van der Waals surface area contributed by atoms with Gasteiger partial charge in [-0.15, -0.1) is 11.6 Å². The Morgan fingerprint density at radius 3 is 2.20 bits per heavy atom. The number of esters is 1. The molecule has 4 aromatic rings. The molecule has 7 atom stereocenters. The number of anilines is 1. The molecule has 2 aliphatic carbocycles. The van der Waals surface area contributed by atoms with Crippen molar-refractivity contribution in [1.29, 1.82) is 0 Å². The number of Topliss-reactive ketones (excluding diaryl/α,β-unsaturated/α-hetero) is 1. The Morgan fingerprint density at radius 1 is 1.00 bits per heavy atom. The first-order valence-corrected chi connectivity index (χ1v) is 19.1. The average molecular weight is 896 g/mol. The van der Waals surface area contributed by atoms with Crippen molar-refractivity contribution in [2.24, 2.45) is 23.7 Å². The van der Waals surface area contributed by atoms with Gasteiger partial charge in [0.05, 0.1) is 39.3 Å². The molecule has 1 aliphatic heterocycles. The molecule has 3 fully saturated rings. The molecule has 3 aromatic carbocycles. The number of hydrogen-bond acceptors (Lipinski definition) is 6. The van der Waals surface area contributed by atoms with Crippen molar-refractivity contribution in [3.05, 3.63) is 92.7 Å². The van der Waals surface area contributed by atoms with Crippen LogP contribution in [0.5, 0.6) is 0 Å². The Hall–Kier alpha value is -2.70. The van der Waals surface area contributed by atoms with Crippen LogP contribution in [0.25, 0.3) is 22.2 Å². The minimum atomic E-state index is -1.22. The third kappa shape index (κ3) is 5.87. The van der Waals surface area contributed by atoms with Gasteiger partial charge < -0.3 is 4.74 Å². The van der Waals surface area contributed by atoms with E-state index in [1.54, 1.807) is 43.3 Å². The zero-order chi connectivity index (χ0) is 34.9. The highest BCUT2D eigenvalue weighted by Crippen LogP contribution is 2.60. The van der Waals surface area contributed by atoms with Gasteiger partial charge in [0.1, 0.15) is 5.82 Å². The predicted octanol–water partition coefficient (Wildman–Crippen LogP) is 9.08. The zero-order valence-electron chi connectivity index (χ0n) is 25.6. The van der Waals surface area contributed by atoms with Crippen LogP contribution < -0.4 is 4.90 Å². The van der Waals surface area contributed by atoms with Gasteiger partial charge in [-0.3, -0.25) is 19.3 Å². The van der Waals surface area contributed by atoms with Crippen LogP contribution in [-0.4, -0.2) is 50.2 Å². The fraction of sp³-hybridized carbons (Fsp3) is 0.306. The molecule has 7 nitrogen and oxygen atoms in total. The van der Waals surface area contributed by atoms with E-state index < -0.39 is 23.7 Å². The third-order valence-corrected chi connectivity index (χ3v) is 14.7. The van der Waals surface area contributed by atoms with Crippen LogP contribution in [0.3, 0.4) is 0 Å². The Kier molecular flexibility index (Phi) is 9.53. The van der Waals surface area contributed by atoms with Crippen LogP contribution in [0.2, 0.25) is 5.02 Å². The van der Waals surface area contributed by atoms with Gasteiger partial charge in [0, 0.05) is 42.9 Å². The van der Waals surface area contributed by atoms with Crippen molar-refractivity contribution in [3.63, 3.8) is 0 Å². The number of aromatic nitrogens is 1. The molecule has 7 rings (SSSR count). The number of ether oxygens (including phenoxy) is 1. The summed E-state index contributed by atoms with van der Waals surface area (Å²) in [7, 11) is 0. The fourth-order valence-electron chi connectivity index (χ4n) is 7.50. The first-order chi connectivity index (χ1) is 23.4. The number of rotatable bonds is 8. The highest BCUT2D eigenvalue weighted by atomic mass is 79.9. The van der Waals surface area contributed by atoms with Gasteiger partial charge in [-0.05, 0) is 95.2 Å². The zero-order valence-corrected chi connectivity index (χ0v) is 31.9. The Morgan fingerprint density at radius 2 is 1.61 bits per heavy atom. The van der Waals surface area contributed by atoms with Crippen LogP contribution in [0.4, 0.5) is 10.1 Å². The number of aryl methyl sites for hydroxylation is 1. The summed E-state index contributed by atoms with van der Waals surface area (Å²) in [5.41, 5.74) is 2.86. The van der Waals surface area contributed by atoms with Crippen molar-refractivity contribution in [1.82, 2.24) is 4.98 Å². The quantitative estimate of drug-likeness (QED) is 0.0759. The van der Waals surface area contributed by atoms with E-state index in [0.29, 0.717) is 42.9 Å². The lowest BCUT2D eigenvalue weighted by Gasteiger charge is -2.28. The van der Waals surface area contributed by atoms with E-state index in [-0.39, 0.29) is 68.6 Å². The van der Waals surface area contributed by atoms with E-state index in [9.17, 15) is 23.6 Å². The second-order valence-corrected chi connectivity index (χ2v) is 16.3. The SMILES string of the molecule is Cc1c(Cl)c(Br)cc2c(C(=O)OC(CCCl)C(=O)c3ccc(F)cc3)cc(-c3ccc(N4C(=O)C5C6CC(C(Br)C6Br)C5C4=O)cc3)nc12. The maximum Gasteiger partial charge on any atom is 0.339 e. The van der Waals surface area contributed by atoms with Crippen molar-refractivity contribution in [2.75, 3.05) is 10.8 Å². The van der Waals surface area contributed by atoms with Crippen molar-refractivity contribution < 1.29 is 28.3 Å². The molecule has 0 radical (unpaired) electrons. The van der Waals surface area contributed by atoms with Crippen LogP contribution in [0, 0.1) is 36.4 Å². The summed E-state index contributed by atoms with van der Waals surface area (Å²) in [5.74, 6) is -2.57. The molecular formula is C36H26Br3Cl2FN2O5. The minimum Gasteiger partial charge on any atom is -0.450 e. The highest BCUT2D eigenvalue weighted by molar-refractivity contribution is 9.12. The van der Waals surface area contributed by atoms with Crippen molar-refractivity contribution >= 4 is 111 Å². The van der Waals surface area contributed by atoms with E-state index >= 15 is 0 Å². The van der Waals surface area contributed by atoms with Crippen LogP contribution >= 0.6 is 71.0 Å². The molecule has 1 saturated heterocycles. The molecule has 2 heterocycles. The van der Waals surface area contributed by atoms with Crippen LogP contribution in [0.1, 0.15) is 39.1 Å².